The van der Waals surface area contributed by atoms with E-state index in [2.05, 4.69) is 28.7 Å². The molecule has 0 saturated carbocycles. The van der Waals surface area contributed by atoms with Crippen molar-refractivity contribution >= 4 is 0 Å². The smallest absolute Gasteiger partial charge is 0.140 e. The predicted octanol–water partition coefficient (Wildman–Crippen LogP) is 2.82. The minimum absolute atomic E-state index is 0.498. The first-order valence-corrected chi connectivity index (χ1v) is 6.09. The van der Waals surface area contributed by atoms with Gasteiger partial charge >= 0.3 is 0 Å². The molecule has 0 atom stereocenters. The lowest BCUT2D eigenvalue weighted by molar-refractivity contribution is 0.327. The molecule has 2 heterocycles. The molecule has 0 bridgehead atoms. The van der Waals surface area contributed by atoms with Gasteiger partial charge in [0.15, 0.2) is 0 Å². The highest BCUT2D eigenvalue weighted by molar-refractivity contribution is 5.58. The molecule has 0 aliphatic carbocycles. The summed E-state index contributed by atoms with van der Waals surface area (Å²) in [5.41, 5.74) is 2.05. The van der Waals surface area contributed by atoms with E-state index in [1.165, 1.54) is 0 Å². The molecule has 1 aromatic carbocycles. The number of nitrogens with zero attached hydrogens (tertiary/aromatic N) is 2. The summed E-state index contributed by atoms with van der Waals surface area (Å²) in [5, 5.41) is 8.51. The highest BCUT2D eigenvalue weighted by Gasteiger charge is 2.20. The monoisotopic (exact) mass is 227 g/mol. The molecule has 1 fully saturated rings. The number of hydrogen-bond acceptors (Lipinski definition) is 2. The lowest BCUT2D eigenvalue weighted by Gasteiger charge is -2.18. The molecular formula is C14H15N2O. The summed E-state index contributed by atoms with van der Waals surface area (Å²) in [4.78, 5) is 0. The minimum atomic E-state index is 0.498. The van der Waals surface area contributed by atoms with Crippen LogP contribution >= 0.6 is 0 Å². The van der Waals surface area contributed by atoms with E-state index in [-0.39, 0.29) is 0 Å². The first-order valence-electron chi connectivity index (χ1n) is 6.09. The van der Waals surface area contributed by atoms with Crippen LogP contribution in [-0.4, -0.2) is 18.2 Å². The Hall–Kier alpha value is -1.61. The van der Waals surface area contributed by atoms with Crippen LogP contribution in [0.3, 0.4) is 0 Å². The number of aromatic nitrogens is 1. The molecule has 1 aliphatic rings. The van der Waals surface area contributed by atoms with Crippen molar-refractivity contribution in [1.29, 1.82) is 0 Å². The van der Waals surface area contributed by atoms with Gasteiger partial charge in [0.05, 0.1) is 0 Å². The molecule has 3 heteroatoms. The quantitative estimate of drug-likeness (QED) is 0.791. The van der Waals surface area contributed by atoms with Gasteiger partial charge in [0.1, 0.15) is 11.5 Å². The molecule has 17 heavy (non-hydrogen) atoms. The summed E-state index contributed by atoms with van der Waals surface area (Å²) < 4.78 is 5.47. The van der Waals surface area contributed by atoms with Crippen molar-refractivity contribution in [2.45, 2.75) is 18.8 Å². The van der Waals surface area contributed by atoms with Crippen molar-refractivity contribution in [3.8, 4) is 11.3 Å². The summed E-state index contributed by atoms with van der Waals surface area (Å²) in [6.45, 7) is 1.90. The van der Waals surface area contributed by atoms with Crippen LogP contribution in [0.2, 0.25) is 0 Å². The van der Waals surface area contributed by atoms with E-state index in [1.54, 1.807) is 0 Å². The summed E-state index contributed by atoms with van der Waals surface area (Å²) >= 11 is 0. The molecule has 1 saturated heterocycles. The fourth-order valence-corrected chi connectivity index (χ4v) is 2.26. The fourth-order valence-electron chi connectivity index (χ4n) is 2.26. The lowest BCUT2D eigenvalue weighted by atomic mass is 9.95. The third-order valence-corrected chi connectivity index (χ3v) is 3.27. The number of rotatable bonds is 2. The molecule has 1 radical (unpaired) electrons. The highest BCUT2D eigenvalue weighted by atomic mass is 16.5. The molecule has 1 aliphatic heterocycles. The van der Waals surface area contributed by atoms with Crippen LogP contribution in [0.4, 0.5) is 0 Å². The SMILES string of the molecule is c1ccc(-c2cc(C3CC[N]CC3)on2)cc1. The second-order valence-corrected chi connectivity index (χ2v) is 4.43. The van der Waals surface area contributed by atoms with E-state index in [0.29, 0.717) is 5.92 Å². The molecule has 87 valence electrons. The number of piperidine rings is 1. The summed E-state index contributed by atoms with van der Waals surface area (Å²) in [7, 11) is 0. The Kier molecular flexibility index (Phi) is 2.92. The van der Waals surface area contributed by atoms with Gasteiger partial charge in [-0.1, -0.05) is 35.5 Å². The van der Waals surface area contributed by atoms with Crippen molar-refractivity contribution in [1.82, 2.24) is 10.5 Å². The van der Waals surface area contributed by atoms with Crippen LogP contribution in [0.5, 0.6) is 0 Å². The Labute approximate surface area is 101 Å². The lowest BCUT2D eigenvalue weighted by Crippen LogP contribution is -2.20. The largest absolute Gasteiger partial charge is 0.360 e. The van der Waals surface area contributed by atoms with Crippen molar-refractivity contribution in [3.63, 3.8) is 0 Å². The Balaban J connectivity index is 1.83. The van der Waals surface area contributed by atoms with E-state index in [0.717, 1.165) is 42.9 Å². The molecule has 0 spiro atoms. The molecule has 0 N–H and O–H groups in total. The van der Waals surface area contributed by atoms with Crippen molar-refractivity contribution in [2.24, 2.45) is 0 Å². The van der Waals surface area contributed by atoms with E-state index in [9.17, 15) is 0 Å². The van der Waals surface area contributed by atoms with Gasteiger partial charge in [-0.15, -0.1) is 0 Å². The van der Waals surface area contributed by atoms with Crippen LogP contribution < -0.4 is 5.32 Å². The first-order chi connectivity index (χ1) is 8.43. The molecule has 0 unspecified atom stereocenters. The Bertz CT molecular complexity index is 472. The van der Waals surface area contributed by atoms with Gasteiger partial charge in [-0.25, -0.2) is 5.32 Å². The standard InChI is InChI=1S/C14H15N2O/c1-2-4-11(5-3-1)13-10-14(17-16-13)12-6-8-15-9-7-12/h1-5,10,12H,6-9H2. The van der Waals surface area contributed by atoms with Crippen molar-refractivity contribution in [2.75, 3.05) is 13.1 Å². The second kappa shape index (κ2) is 4.72. The van der Waals surface area contributed by atoms with Crippen LogP contribution in [-0.2, 0) is 0 Å². The van der Waals surface area contributed by atoms with Crippen molar-refractivity contribution < 1.29 is 4.52 Å². The fraction of sp³-hybridized carbons (Fsp3) is 0.357. The molecule has 1 aromatic heterocycles. The first kappa shape index (κ1) is 10.5. The van der Waals surface area contributed by atoms with Gasteiger partial charge < -0.3 is 4.52 Å². The summed E-state index contributed by atoms with van der Waals surface area (Å²) in [6.07, 6.45) is 2.17. The average Bonchev–Trinajstić information content (AvgIpc) is 2.90. The van der Waals surface area contributed by atoms with Gasteiger partial charge in [-0.3, -0.25) is 0 Å². The van der Waals surface area contributed by atoms with Crippen LogP contribution in [0, 0.1) is 0 Å². The van der Waals surface area contributed by atoms with E-state index in [1.807, 2.05) is 18.2 Å². The van der Waals surface area contributed by atoms with Crippen LogP contribution in [0.25, 0.3) is 11.3 Å². The molecule has 3 nitrogen and oxygen atoms in total. The third kappa shape index (κ3) is 2.24. The molecule has 2 aromatic rings. The predicted molar refractivity (Wildman–Crippen MR) is 65.8 cm³/mol. The van der Waals surface area contributed by atoms with Gasteiger partial charge in [-0.05, 0) is 12.8 Å². The maximum absolute atomic E-state index is 5.47. The van der Waals surface area contributed by atoms with Gasteiger partial charge in [0.2, 0.25) is 0 Å². The van der Waals surface area contributed by atoms with Gasteiger partial charge in [0.25, 0.3) is 0 Å². The van der Waals surface area contributed by atoms with Crippen LogP contribution in [0.15, 0.2) is 40.9 Å². The second-order valence-electron chi connectivity index (χ2n) is 4.43. The summed E-state index contributed by atoms with van der Waals surface area (Å²) in [6, 6.07) is 12.2. The summed E-state index contributed by atoms with van der Waals surface area (Å²) in [5.74, 6) is 1.51. The Morgan fingerprint density at radius 1 is 1.06 bits per heavy atom. The zero-order valence-electron chi connectivity index (χ0n) is 9.67. The van der Waals surface area contributed by atoms with E-state index in [4.69, 9.17) is 4.52 Å². The molecule has 3 rings (SSSR count). The maximum Gasteiger partial charge on any atom is 0.140 e. The van der Waals surface area contributed by atoms with E-state index >= 15 is 0 Å². The van der Waals surface area contributed by atoms with Gasteiger partial charge in [0, 0.05) is 30.6 Å². The number of hydrogen-bond donors (Lipinski definition) is 0. The highest BCUT2D eigenvalue weighted by Crippen LogP contribution is 2.28. The Morgan fingerprint density at radius 2 is 1.82 bits per heavy atom. The molecule has 0 amide bonds. The minimum Gasteiger partial charge on any atom is -0.360 e. The van der Waals surface area contributed by atoms with E-state index < -0.39 is 0 Å². The maximum atomic E-state index is 5.47. The molecular weight excluding hydrogens is 212 g/mol. The number of benzene rings is 1. The Morgan fingerprint density at radius 3 is 2.59 bits per heavy atom. The topological polar surface area (TPSA) is 40.1 Å². The zero-order valence-corrected chi connectivity index (χ0v) is 9.67. The average molecular weight is 227 g/mol. The normalized spacial score (nSPS) is 17.2. The zero-order chi connectivity index (χ0) is 11.5. The van der Waals surface area contributed by atoms with Crippen molar-refractivity contribution in [3.05, 3.63) is 42.2 Å². The van der Waals surface area contributed by atoms with Crippen LogP contribution in [0.1, 0.15) is 24.5 Å². The third-order valence-electron chi connectivity index (χ3n) is 3.27. The van der Waals surface area contributed by atoms with Gasteiger partial charge in [-0.2, -0.15) is 0 Å².